The summed E-state index contributed by atoms with van der Waals surface area (Å²) >= 11 is 0. The largest absolute Gasteiger partial charge is 0.393 e. The Morgan fingerprint density at radius 1 is 1.35 bits per heavy atom. The Morgan fingerprint density at radius 2 is 2.17 bits per heavy atom. The minimum Gasteiger partial charge on any atom is -0.393 e. The second kappa shape index (κ2) is 7.19. The third kappa shape index (κ3) is 3.39. The van der Waals surface area contributed by atoms with Crippen LogP contribution in [0.1, 0.15) is 31.7 Å². The van der Waals surface area contributed by atoms with Crippen molar-refractivity contribution in [1.82, 2.24) is 14.5 Å². The number of hydrogen-bond acceptors (Lipinski definition) is 3. The van der Waals surface area contributed by atoms with Crippen molar-refractivity contribution in [3.8, 4) is 0 Å². The van der Waals surface area contributed by atoms with E-state index in [9.17, 15) is 4.79 Å². The van der Waals surface area contributed by atoms with Crippen LogP contribution >= 0.6 is 0 Å². The Bertz CT molecular complexity index is 850. The molecule has 4 rings (SSSR count). The monoisotopic (exact) mass is 520 g/mol. The third-order valence-corrected chi connectivity index (χ3v) is 4.27. The van der Waals surface area contributed by atoms with Gasteiger partial charge in [0, 0.05) is 56.2 Å². The molecule has 1 aliphatic carbocycles. The number of imidazole rings is 1. The molecule has 6 heteroatoms. The van der Waals surface area contributed by atoms with Crippen molar-refractivity contribution in [1.29, 1.82) is 0 Å². The van der Waals surface area contributed by atoms with Crippen LogP contribution < -0.4 is 11.0 Å². The van der Waals surface area contributed by atoms with Crippen molar-refractivity contribution in [2.75, 3.05) is 5.32 Å². The fraction of sp³-hybridized carbons (Fsp3) is 0.294. The second-order valence-corrected chi connectivity index (χ2v) is 5.74. The zero-order valence-corrected chi connectivity index (χ0v) is 17.5. The number of anilines is 2. The van der Waals surface area contributed by atoms with E-state index in [1.807, 2.05) is 34.9 Å². The van der Waals surface area contributed by atoms with Crippen molar-refractivity contribution < 1.29 is 44.1 Å². The van der Waals surface area contributed by atoms with Crippen molar-refractivity contribution in [3.63, 3.8) is 0 Å². The molecule has 0 spiro atoms. The number of H-pyrrole nitrogens is 1. The number of rotatable bonds is 3. The third-order valence-electron chi connectivity index (χ3n) is 4.27. The molecule has 115 valence electrons. The van der Waals surface area contributed by atoms with E-state index < -0.39 is 0 Å². The zero-order valence-electron chi connectivity index (χ0n) is 12.7. The summed E-state index contributed by atoms with van der Waals surface area (Å²) in [6.07, 6.45) is 6.26. The molecule has 1 saturated carbocycles. The smallest absolute Gasteiger partial charge is 0.326 e. The number of aromatic amines is 1. The SMILES string of the molecule is O=c1[nH]c2cnc(Nc3c[c-]ccc3)cc2n1C1CCCC1.[Ac]. The van der Waals surface area contributed by atoms with Gasteiger partial charge in [0.25, 0.3) is 0 Å². The van der Waals surface area contributed by atoms with Crippen LogP contribution in [0.2, 0.25) is 0 Å². The summed E-state index contributed by atoms with van der Waals surface area (Å²) in [5.74, 6) is 0.734. The van der Waals surface area contributed by atoms with E-state index in [1.54, 1.807) is 6.20 Å². The van der Waals surface area contributed by atoms with Gasteiger partial charge in [0.05, 0.1) is 17.2 Å². The van der Waals surface area contributed by atoms with Crippen LogP contribution in [0.15, 0.2) is 41.3 Å². The summed E-state index contributed by atoms with van der Waals surface area (Å²) in [6, 6.07) is 12.9. The molecule has 3 aromatic rings. The van der Waals surface area contributed by atoms with Crippen molar-refractivity contribution in [2.45, 2.75) is 31.7 Å². The first-order valence-corrected chi connectivity index (χ1v) is 7.65. The van der Waals surface area contributed by atoms with E-state index in [1.165, 1.54) is 12.8 Å². The standard InChI is InChI=1S/C17H17N4O.Ac/c22-17-20-14-11-18-16(19-12-6-2-1-3-7-12)10-15(14)21(17)13-8-4-5-9-13;/h1-2,6-7,10-11,13H,4-5,8-9H2,(H,18,19)(H,20,22);/q-1;. The molecule has 0 bridgehead atoms. The first-order valence-electron chi connectivity index (χ1n) is 7.65. The number of aromatic nitrogens is 3. The van der Waals surface area contributed by atoms with Gasteiger partial charge in [-0.1, -0.05) is 18.5 Å². The van der Waals surface area contributed by atoms with Crippen LogP contribution in [0.4, 0.5) is 11.5 Å². The Balaban J connectivity index is 0.00000156. The molecule has 0 unspecified atom stereocenters. The van der Waals surface area contributed by atoms with E-state index in [-0.39, 0.29) is 49.8 Å². The normalized spacial score (nSPS) is 14.8. The van der Waals surface area contributed by atoms with Gasteiger partial charge in [0.2, 0.25) is 0 Å². The number of benzene rings is 1. The molecule has 1 radical (unpaired) electrons. The summed E-state index contributed by atoms with van der Waals surface area (Å²) in [5.41, 5.74) is 2.62. The van der Waals surface area contributed by atoms with Gasteiger partial charge in [-0.2, -0.15) is 24.3 Å². The molecular weight excluding hydrogens is 503 g/mol. The molecular formula is C17H17AcN4O-. The van der Waals surface area contributed by atoms with Gasteiger partial charge < -0.3 is 10.3 Å². The molecule has 0 amide bonds. The van der Waals surface area contributed by atoms with Crippen LogP contribution in [0.25, 0.3) is 11.0 Å². The maximum absolute atomic E-state index is 12.2. The summed E-state index contributed by atoms with van der Waals surface area (Å²) in [6.45, 7) is 0. The van der Waals surface area contributed by atoms with E-state index in [2.05, 4.69) is 21.4 Å². The number of fused-ring (bicyclic) bond motifs is 1. The van der Waals surface area contributed by atoms with Gasteiger partial charge >= 0.3 is 5.69 Å². The fourth-order valence-corrected chi connectivity index (χ4v) is 3.24. The molecule has 2 N–H and O–H groups in total. The number of nitrogens with one attached hydrogen (secondary N) is 2. The second-order valence-electron chi connectivity index (χ2n) is 5.74. The van der Waals surface area contributed by atoms with Crippen molar-refractivity contribution >= 4 is 22.5 Å². The Labute approximate surface area is 170 Å². The summed E-state index contributed by atoms with van der Waals surface area (Å²) in [7, 11) is 0. The Morgan fingerprint density at radius 3 is 2.91 bits per heavy atom. The first-order chi connectivity index (χ1) is 10.8. The average Bonchev–Trinajstić information content (AvgIpc) is 3.14. The number of hydrogen-bond donors (Lipinski definition) is 2. The fourth-order valence-electron chi connectivity index (χ4n) is 3.24. The molecule has 1 aliphatic rings. The van der Waals surface area contributed by atoms with Gasteiger partial charge in [-0.3, -0.25) is 4.57 Å². The van der Waals surface area contributed by atoms with E-state index in [0.717, 1.165) is 35.4 Å². The molecule has 23 heavy (non-hydrogen) atoms. The first kappa shape index (κ1) is 16.7. The predicted molar refractivity (Wildman–Crippen MR) is 86.4 cm³/mol. The number of pyridine rings is 1. The summed E-state index contributed by atoms with van der Waals surface area (Å²) in [5, 5.41) is 3.25. The minimum absolute atomic E-state index is 0. The topological polar surface area (TPSA) is 62.7 Å². The van der Waals surface area contributed by atoms with Crippen LogP contribution in [0.3, 0.4) is 0 Å². The molecule has 1 aromatic carbocycles. The Kier molecular flexibility index (Phi) is 5.23. The summed E-state index contributed by atoms with van der Waals surface area (Å²) in [4.78, 5) is 19.5. The maximum Gasteiger partial charge on any atom is 0.326 e. The Hall–Kier alpha value is -1.12. The predicted octanol–water partition coefficient (Wildman–Crippen LogP) is 3.38. The van der Waals surface area contributed by atoms with Gasteiger partial charge in [-0.15, -0.1) is 6.07 Å². The van der Waals surface area contributed by atoms with Gasteiger partial charge in [0.1, 0.15) is 5.82 Å². The zero-order chi connectivity index (χ0) is 14.9. The van der Waals surface area contributed by atoms with E-state index in [4.69, 9.17) is 0 Å². The van der Waals surface area contributed by atoms with Crippen LogP contribution in [-0.2, 0) is 0 Å². The quantitative estimate of drug-likeness (QED) is 0.521. The van der Waals surface area contributed by atoms with Gasteiger partial charge in [-0.25, -0.2) is 9.78 Å². The van der Waals surface area contributed by atoms with Crippen LogP contribution in [-0.4, -0.2) is 14.5 Å². The molecule has 2 aromatic heterocycles. The molecule has 0 aliphatic heterocycles. The maximum atomic E-state index is 12.2. The van der Waals surface area contributed by atoms with Gasteiger partial charge in [0.15, 0.2) is 0 Å². The van der Waals surface area contributed by atoms with Crippen molar-refractivity contribution in [3.05, 3.63) is 53.1 Å². The van der Waals surface area contributed by atoms with Crippen molar-refractivity contribution in [2.24, 2.45) is 0 Å². The molecule has 2 heterocycles. The minimum atomic E-state index is -0.0334. The van der Waals surface area contributed by atoms with Crippen LogP contribution in [0.5, 0.6) is 0 Å². The number of nitrogens with zero attached hydrogens (tertiary/aromatic N) is 2. The van der Waals surface area contributed by atoms with Crippen LogP contribution in [0, 0.1) is 50.1 Å². The molecule has 5 nitrogen and oxygen atoms in total. The van der Waals surface area contributed by atoms with Gasteiger partial charge in [-0.05, 0) is 12.8 Å². The van der Waals surface area contributed by atoms with E-state index >= 15 is 0 Å². The molecule has 1 fully saturated rings. The molecule has 0 atom stereocenters. The van der Waals surface area contributed by atoms with E-state index in [0.29, 0.717) is 6.04 Å². The summed E-state index contributed by atoms with van der Waals surface area (Å²) < 4.78 is 1.90. The average molecular weight is 520 g/mol. The molecule has 0 saturated heterocycles.